The Kier molecular flexibility index (Phi) is 4.87. The van der Waals surface area contributed by atoms with Crippen molar-refractivity contribution < 1.29 is 4.79 Å². The number of carbonyl (C=O) groups is 1. The van der Waals surface area contributed by atoms with E-state index in [2.05, 4.69) is 0 Å². The van der Waals surface area contributed by atoms with E-state index in [9.17, 15) is 4.79 Å². The first-order chi connectivity index (χ1) is 7.88. The maximum atomic E-state index is 12.4. The summed E-state index contributed by atoms with van der Waals surface area (Å²) in [4.78, 5) is 12.4. The van der Waals surface area contributed by atoms with Gasteiger partial charge in [0.25, 0.3) is 0 Å². The molecule has 0 saturated heterocycles. The second-order valence-corrected chi connectivity index (χ2v) is 5.78. The van der Waals surface area contributed by atoms with Crippen molar-refractivity contribution in [2.75, 3.05) is 0 Å². The van der Waals surface area contributed by atoms with Gasteiger partial charge in [0.1, 0.15) is 5.78 Å². The molecule has 0 unspecified atom stereocenters. The summed E-state index contributed by atoms with van der Waals surface area (Å²) in [6.07, 6.45) is 15.4. The van der Waals surface area contributed by atoms with E-state index in [0.717, 1.165) is 0 Å². The largest absolute Gasteiger partial charge is 0.299 e. The molecule has 0 heterocycles. The third kappa shape index (κ3) is 3.33. The van der Waals surface area contributed by atoms with Gasteiger partial charge in [0, 0.05) is 11.8 Å². The van der Waals surface area contributed by atoms with Crippen LogP contribution in [-0.4, -0.2) is 5.78 Å². The van der Waals surface area contributed by atoms with Crippen molar-refractivity contribution in [2.24, 2.45) is 11.8 Å². The molecule has 16 heavy (non-hydrogen) atoms. The van der Waals surface area contributed by atoms with Crippen LogP contribution in [-0.2, 0) is 4.79 Å². The lowest BCUT2D eigenvalue weighted by molar-refractivity contribution is -0.128. The molecule has 0 bridgehead atoms. The van der Waals surface area contributed by atoms with Crippen LogP contribution in [0.25, 0.3) is 0 Å². The molecule has 92 valence electrons. The highest BCUT2D eigenvalue weighted by atomic mass is 16.1. The molecule has 0 aromatic rings. The lowest BCUT2D eigenvalue weighted by Gasteiger charge is -2.26. The van der Waals surface area contributed by atoms with Gasteiger partial charge in [-0.3, -0.25) is 4.79 Å². The summed E-state index contributed by atoms with van der Waals surface area (Å²) in [6, 6.07) is 0. The maximum Gasteiger partial charge on any atom is 0.139 e. The van der Waals surface area contributed by atoms with Crippen molar-refractivity contribution in [2.45, 2.75) is 77.0 Å². The first kappa shape index (κ1) is 12.1. The normalized spacial score (nSPS) is 26.0. The molecule has 0 amide bonds. The fourth-order valence-electron chi connectivity index (χ4n) is 3.46. The number of Topliss-reactive ketones (excluding diaryl/α,β-unsaturated/α-hetero) is 1. The lowest BCUT2D eigenvalue weighted by atomic mass is 9.78. The van der Waals surface area contributed by atoms with Crippen LogP contribution in [0, 0.1) is 11.8 Å². The van der Waals surface area contributed by atoms with Crippen molar-refractivity contribution in [3.05, 3.63) is 0 Å². The summed E-state index contributed by atoms with van der Waals surface area (Å²) in [5, 5.41) is 0. The highest BCUT2D eigenvalue weighted by Gasteiger charge is 2.27. The van der Waals surface area contributed by atoms with Gasteiger partial charge in [-0.25, -0.2) is 0 Å². The van der Waals surface area contributed by atoms with Gasteiger partial charge in [-0.2, -0.15) is 0 Å². The zero-order chi connectivity index (χ0) is 11.2. The molecule has 0 radical (unpaired) electrons. The molecule has 0 aliphatic heterocycles. The van der Waals surface area contributed by atoms with Crippen molar-refractivity contribution in [3.63, 3.8) is 0 Å². The van der Waals surface area contributed by atoms with Crippen LogP contribution in [0.15, 0.2) is 0 Å². The third-order valence-corrected chi connectivity index (χ3v) is 4.52. The van der Waals surface area contributed by atoms with Crippen molar-refractivity contribution in [3.8, 4) is 0 Å². The second kappa shape index (κ2) is 6.42. The molecule has 2 rings (SSSR count). The maximum absolute atomic E-state index is 12.4. The van der Waals surface area contributed by atoms with Crippen molar-refractivity contribution in [1.29, 1.82) is 0 Å². The van der Waals surface area contributed by atoms with E-state index < -0.39 is 0 Å². The van der Waals surface area contributed by atoms with E-state index in [-0.39, 0.29) is 0 Å². The Morgan fingerprint density at radius 1 is 0.562 bits per heavy atom. The lowest BCUT2D eigenvalue weighted by Crippen LogP contribution is -2.26. The SMILES string of the molecule is O=C(C1CCCCCCC1)C1CCCCC1. The van der Waals surface area contributed by atoms with Gasteiger partial charge in [-0.05, 0) is 25.7 Å². The summed E-state index contributed by atoms with van der Waals surface area (Å²) in [6.45, 7) is 0. The van der Waals surface area contributed by atoms with Gasteiger partial charge < -0.3 is 0 Å². The molecule has 1 heteroatoms. The molecule has 2 aliphatic carbocycles. The summed E-state index contributed by atoms with van der Waals surface area (Å²) in [7, 11) is 0. The van der Waals surface area contributed by atoms with Crippen LogP contribution >= 0.6 is 0 Å². The second-order valence-electron chi connectivity index (χ2n) is 5.78. The monoisotopic (exact) mass is 222 g/mol. The molecule has 0 aromatic heterocycles. The molecule has 0 atom stereocenters. The zero-order valence-corrected chi connectivity index (χ0v) is 10.5. The van der Waals surface area contributed by atoms with Crippen LogP contribution < -0.4 is 0 Å². The first-order valence-corrected chi connectivity index (χ1v) is 7.41. The van der Waals surface area contributed by atoms with Crippen molar-refractivity contribution >= 4 is 5.78 Å². The molecular formula is C15H26O. The zero-order valence-electron chi connectivity index (χ0n) is 10.5. The Balaban J connectivity index is 1.85. The Morgan fingerprint density at radius 2 is 0.875 bits per heavy atom. The van der Waals surface area contributed by atoms with Gasteiger partial charge in [0.05, 0.1) is 0 Å². The van der Waals surface area contributed by atoms with Crippen molar-refractivity contribution in [1.82, 2.24) is 0 Å². The summed E-state index contributed by atoms with van der Waals surface area (Å²) in [5.74, 6) is 1.52. The molecule has 0 aromatic carbocycles. The molecule has 2 saturated carbocycles. The van der Waals surface area contributed by atoms with Gasteiger partial charge in [-0.15, -0.1) is 0 Å². The topological polar surface area (TPSA) is 17.1 Å². The van der Waals surface area contributed by atoms with Gasteiger partial charge in [0.15, 0.2) is 0 Å². The predicted molar refractivity (Wildman–Crippen MR) is 67.4 cm³/mol. The van der Waals surface area contributed by atoms with E-state index in [1.54, 1.807) is 0 Å². The minimum Gasteiger partial charge on any atom is -0.299 e. The van der Waals surface area contributed by atoms with E-state index in [0.29, 0.717) is 17.6 Å². The number of hydrogen-bond acceptors (Lipinski definition) is 1. The molecular weight excluding hydrogens is 196 g/mol. The number of hydrogen-bond donors (Lipinski definition) is 0. The van der Waals surface area contributed by atoms with Crippen LogP contribution in [0.5, 0.6) is 0 Å². The number of carbonyl (C=O) groups excluding carboxylic acids is 1. The molecule has 0 N–H and O–H groups in total. The Labute approximate surface area is 100.0 Å². The van der Waals surface area contributed by atoms with Gasteiger partial charge in [-0.1, -0.05) is 51.4 Å². The van der Waals surface area contributed by atoms with Crippen LogP contribution in [0.2, 0.25) is 0 Å². The Morgan fingerprint density at radius 3 is 1.31 bits per heavy atom. The van der Waals surface area contributed by atoms with Gasteiger partial charge in [0.2, 0.25) is 0 Å². The standard InChI is InChI=1S/C15H26O/c16-15(14-11-7-4-8-12-14)13-9-5-2-1-3-6-10-13/h13-14H,1-12H2. The predicted octanol–water partition coefficient (Wildman–Crippen LogP) is 4.50. The Hall–Kier alpha value is -0.330. The smallest absolute Gasteiger partial charge is 0.139 e. The first-order valence-electron chi connectivity index (χ1n) is 7.41. The number of ketones is 1. The van der Waals surface area contributed by atoms with Crippen LogP contribution in [0.1, 0.15) is 77.0 Å². The molecule has 2 fully saturated rings. The summed E-state index contributed by atoms with van der Waals surface area (Å²) >= 11 is 0. The average molecular weight is 222 g/mol. The molecule has 2 aliphatic rings. The van der Waals surface area contributed by atoms with Gasteiger partial charge >= 0.3 is 0 Å². The fraction of sp³-hybridized carbons (Fsp3) is 0.933. The molecule has 1 nitrogen and oxygen atoms in total. The Bertz CT molecular complexity index is 207. The average Bonchev–Trinajstić information content (AvgIpc) is 2.29. The summed E-state index contributed by atoms with van der Waals surface area (Å²) < 4.78 is 0. The third-order valence-electron chi connectivity index (χ3n) is 4.52. The molecule has 0 spiro atoms. The fourth-order valence-corrected chi connectivity index (χ4v) is 3.46. The number of rotatable bonds is 2. The van der Waals surface area contributed by atoms with E-state index in [1.165, 1.54) is 77.0 Å². The summed E-state index contributed by atoms with van der Waals surface area (Å²) in [5.41, 5.74) is 0. The highest BCUT2D eigenvalue weighted by Crippen LogP contribution is 2.31. The van der Waals surface area contributed by atoms with E-state index in [1.807, 2.05) is 0 Å². The van der Waals surface area contributed by atoms with E-state index in [4.69, 9.17) is 0 Å². The minimum absolute atomic E-state index is 0.434. The highest BCUT2D eigenvalue weighted by molar-refractivity contribution is 5.83. The van der Waals surface area contributed by atoms with Crippen LogP contribution in [0.3, 0.4) is 0 Å². The minimum atomic E-state index is 0.434. The van der Waals surface area contributed by atoms with Crippen LogP contribution in [0.4, 0.5) is 0 Å². The quantitative estimate of drug-likeness (QED) is 0.672. The van der Waals surface area contributed by atoms with E-state index >= 15 is 0 Å².